The van der Waals surface area contributed by atoms with Crippen molar-refractivity contribution in [3.63, 3.8) is 0 Å². The second-order valence-electron chi connectivity index (χ2n) is 5.87. The van der Waals surface area contributed by atoms with Gasteiger partial charge in [-0.2, -0.15) is 0 Å². The van der Waals surface area contributed by atoms with Gasteiger partial charge in [0.05, 0.1) is 31.1 Å². The summed E-state index contributed by atoms with van der Waals surface area (Å²) >= 11 is 1.53. The smallest absolute Gasteiger partial charge is 0.264 e. The Bertz CT molecular complexity index is 599. The number of aryl methyl sites for hydroxylation is 1. The van der Waals surface area contributed by atoms with Gasteiger partial charge < -0.3 is 9.80 Å². The second-order valence-corrected chi connectivity index (χ2v) is 6.81. The summed E-state index contributed by atoms with van der Waals surface area (Å²) in [7, 11) is 0. The normalized spacial score (nSPS) is 16.0. The van der Waals surface area contributed by atoms with Crippen molar-refractivity contribution < 1.29 is 9.69 Å². The molecule has 116 valence electrons. The Hall–Kier alpha value is -1.65. The van der Waals surface area contributed by atoms with Crippen molar-refractivity contribution in [2.24, 2.45) is 0 Å². The molecule has 1 N–H and O–H groups in total. The molecule has 4 heteroatoms. The number of rotatable bonds is 4. The molecule has 0 radical (unpaired) electrons. The summed E-state index contributed by atoms with van der Waals surface area (Å²) < 4.78 is 0. The molecule has 1 aromatic heterocycles. The molecule has 2 aromatic rings. The fourth-order valence-electron chi connectivity index (χ4n) is 2.94. The minimum absolute atomic E-state index is 0.196. The number of carbonyl (C=O) groups is 1. The van der Waals surface area contributed by atoms with Crippen LogP contribution in [0.3, 0.4) is 0 Å². The van der Waals surface area contributed by atoms with Gasteiger partial charge in [0.25, 0.3) is 5.91 Å². The monoisotopic (exact) mass is 315 g/mol. The molecule has 0 bridgehead atoms. The largest absolute Gasteiger partial charge is 0.328 e. The zero-order valence-electron chi connectivity index (χ0n) is 13.0. The zero-order chi connectivity index (χ0) is 15.4. The van der Waals surface area contributed by atoms with Gasteiger partial charge in [0.1, 0.15) is 6.54 Å². The number of piperazine rings is 1. The molecule has 3 rings (SSSR count). The maximum Gasteiger partial charge on any atom is 0.264 e. The molecule has 1 amide bonds. The third-order valence-electron chi connectivity index (χ3n) is 4.38. The van der Waals surface area contributed by atoms with Crippen molar-refractivity contribution in [1.82, 2.24) is 4.90 Å². The van der Waals surface area contributed by atoms with Crippen LogP contribution in [0.1, 0.15) is 27.7 Å². The standard InChI is InChI=1S/C18H22N2OS/c1-2-15-5-7-16(8-6-15)14-19-9-11-20(12-10-19)18(21)17-4-3-13-22-17/h3-8,13H,2,9-12,14H2,1H3/p+1. The summed E-state index contributed by atoms with van der Waals surface area (Å²) in [4.78, 5) is 16.7. The third kappa shape index (κ3) is 3.57. The van der Waals surface area contributed by atoms with E-state index in [4.69, 9.17) is 0 Å². The van der Waals surface area contributed by atoms with Crippen molar-refractivity contribution >= 4 is 17.2 Å². The lowest BCUT2D eigenvalue weighted by Gasteiger charge is -2.32. The van der Waals surface area contributed by atoms with E-state index in [0.29, 0.717) is 0 Å². The van der Waals surface area contributed by atoms with Gasteiger partial charge in [0.15, 0.2) is 0 Å². The van der Waals surface area contributed by atoms with Gasteiger partial charge in [-0.1, -0.05) is 37.3 Å². The highest BCUT2D eigenvalue weighted by Gasteiger charge is 2.24. The Kier molecular flexibility index (Phi) is 4.90. The summed E-state index contributed by atoms with van der Waals surface area (Å²) in [6, 6.07) is 12.8. The van der Waals surface area contributed by atoms with Gasteiger partial charge in [-0.25, -0.2) is 0 Å². The summed E-state index contributed by atoms with van der Waals surface area (Å²) in [6.07, 6.45) is 1.09. The molecule has 0 atom stereocenters. The van der Waals surface area contributed by atoms with Gasteiger partial charge in [-0.15, -0.1) is 11.3 Å². The third-order valence-corrected chi connectivity index (χ3v) is 5.23. The number of carbonyl (C=O) groups excluding carboxylic acids is 1. The average molecular weight is 315 g/mol. The minimum Gasteiger partial charge on any atom is -0.328 e. The van der Waals surface area contributed by atoms with E-state index in [-0.39, 0.29) is 5.91 Å². The fourth-order valence-corrected chi connectivity index (χ4v) is 3.63. The van der Waals surface area contributed by atoms with Crippen LogP contribution in [-0.2, 0) is 13.0 Å². The van der Waals surface area contributed by atoms with E-state index in [0.717, 1.165) is 44.0 Å². The van der Waals surface area contributed by atoms with Gasteiger partial charge >= 0.3 is 0 Å². The number of hydrogen-bond donors (Lipinski definition) is 1. The number of nitrogens with zero attached hydrogens (tertiary/aromatic N) is 1. The van der Waals surface area contributed by atoms with Gasteiger partial charge in [-0.05, 0) is 23.4 Å². The highest BCUT2D eigenvalue weighted by molar-refractivity contribution is 7.12. The Morgan fingerprint density at radius 2 is 1.82 bits per heavy atom. The summed E-state index contributed by atoms with van der Waals surface area (Å²) in [6.45, 7) is 7.03. The zero-order valence-corrected chi connectivity index (χ0v) is 13.9. The molecule has 0 unspecified atom stereocenters. The molecule has 1 aliphatic rings. The molecular weight excluding hydrogens is 292 g/mol. The first-order valence-electron chi connectivity index (χ1n) is 8.00. The van der Waals surface area contributed by atoms with E-state index in [1.54, 1.807) is 4.90 Å². The second kappa shape index (κ2) is 7.07. The fraction of sp³-hybridized carbons (Fsp3) is 0.389. The Morgan fingerprint density at radius 3 is 2.41 bits per heavy atom. The van der Waals surface area contributed by atoms with Gasteiger partial charge in [0, 0.05) is 5.56 Å². The predicted molar refractivity (Wildman–Crippen MR) is 90.4 cm³/mol. The highest BCUT2D eigenvalue weighted by Crippen LogP contribution is 2.12. The number of benzene rings is 1. The number of nitrogens with one attached hydrogen (secondary N) is 1. The predicted octanol–water partition coefficient (Wildman–Crippen LogP) is 1.85. The van der Waals surface area contributed by atoms with Crippen LogP contribution in [0.25, 0.3) is 0 Å². The molecule has 1 saturated heterocycles. The first kappa shape index (κ1) is 15.3. The maximum atomic E-state index is 12.3. The van der Waals surface area contributed by atoms with Crippen molar-refractivity contribution in [2.45, 2.75) is 19.9 Å². The van der Waals surface area contributed by atoms with Crippen LogP contribution in [0.2, 0.25) is 0 Å². The van der Waals surface area contributed by atoms with Crippen LogP contribution in [0.15, 0.2) is 41.8 Å². The molecule has 22 heavy (non-hydrogen) atoms. The molecule has 0 aliphatic carbocycles. The molecule has 3 nitrogen and oxygen atoms in total. The first-order chi connectivity index (χ1) is 10.8. The van der Waals surface area contributed by atoms with E-state index in [9.17, 15) is 4.79 Å². The van der Waals surface area contributed by atoms with Crippen molar-refractivity contribution in [2.75, 3.05) is 26.2 Å². The molecule has 1 aliphatic heterocycles. The van der Waals surface area contributed by atoms with Crippen LogP contribution < -0.4 is 4.90 Å². The van der Waals surface area contributed by atoms with E-state index in [2.05, 4.69) is 31.2 Å². The maximum absolute atomic E-state index is 12.3. The van der Waals surface area contributed by atoms with E-state index in [1.165, 1.54) is 22.5 Å². The highest BCUT2D eigenvalue weighted by atomic mass is 32.1. The molecular formula is C18H23N2OS+. The van der Waals surface area contributed by atoms with Gasteiger partial charge in [0.2, 0.25) is 0 Å². The molecule has 2 heterocycles. The Morgan fingerprint density at radius 1 is 1.14 bits per heavy atom. The quantitative estimate of drug-likeness (QED) is 0.915. The van der Waals surface area contributed by atoms with E-state index >= 15 is 0 Å². The van der Waals surface area contributed by atoms with Crippen LogP contribution in [-0.4, -0.2) is 37.0 Å². The number of amides is 1. The lowest BCUT2D eigenvalue weighted by Crippen LogP contribution is -3.13. The lowest BCUT2D eigenvalue weighted by molar-refractivity contribution is -0.917. The topological polar surface area (TPSA) is 24.8 Å². The Labute approximate surface area is 136 Å². The number of hydrogen-bond acceptors (Lipinski definition) is 2. The van der Waals surface area contributed by atoms with Crippen LogP contribution in [0.5, 0.6) is 0 Å². The van der Waals surface area contributed by atoms with Crippen LogP contribution in [0, 0.1) is 0 Å². The van der Waals surface area contributed by atoms with E-state index < -0.39 is 0 Å². The number of quaternary nitrogens is 1. The van der Waals surface area contributed by atoms with Crippen molar-refractivity contribution in [3.8, 4) is 0 Å². The SMILES string of the molecule is CCc1ccc(C[NH+]2CCN(C(=O)c3cccs3)CC2)cc1. The molecule has 1 fully saturated rings. The first-order valence-corrected chi connectivity index (χ1v) is 8.88. The summed E-state index contributed by atoms with van der Waals surface area (Å²) in [5.74, 6) is 0.196. The summed E-state index contributed by atoms with van der Waals surface area (Å²) in [5, 5.41) is 1.97. The summed E-state index contributed by atoms with van der Waals surface area (Å²) in [5.41, 5.74) is 2.79. The van der Waals surface area contributed by atoms with E-state index in [1.807, 2.05) is 22.4 Å². The molecule has 0 saturated carbocycles. The van der Waals surface area contributed by atoms with Crippen LogP contribution >= 0.6 is 11.3 Å². The van der Waals surface area contributed by atoms with Crippen molar-refractivity contribution in [3.05, 3.63) is 57.8 Å². The minimum atomic E-state index is 0.196. The average Bonchev–Trinajstić information content (AvgIpc) is 3.10. The lowest BCUT2D eigenvalue weighted by atomic mass is 10.1. The van der Waals surface area contributed by atoms with Crippen LogP contribution in [0.4, 0.5) is 0 Å². The van der Waals surface area contributed by atoms with Gasteiger partial charge in [-0.3, -0.25) is 4.79 Å². The molecule has 0 spiro atoms. The van der Waals surface area contributed by atoms with Crippen molar-refractivity contribution in [1.29, 1.82) is 0 Å². The molecule has 1 aromatic carbocycles. The Balaban J connectivity index is 1.52. The number of thiophene rings is 1.